The molecule has 8 heteroatoms. The molecule has 7 nitrogen and oxygen atoms in total. The third kappa shape index (κ3) is 2.22. The molecule has 1 saturated heterocycles. The van der Waals surface area contributed by atoms with E-state index in [9.17, 15) is 4.39 Å². The average Bonchev–Trinajstić information content (AvgIpc) is 3.02. The van der Waals surface area contributed by atoms with Gasteiger partial charge in [0, 0.05) is 19.1 Å². The van der Waals surface area contributed by atoms with Crippen LogP contribution in [0.2, 0.25) is 0 Å². The molecule has 1 fully saturated rings. The fourth-order valence-corrected chi connectivity index (χ4v) is 2.00. The van der Waals surface area contributed by atoms with Gasteiger partial charge in [-0.3, -0.25) is 0 Å². The summed E-state index contributed by atoms with van der Waals surface area (Å²) in [6.45, 7) is 1.60. The summed E-state index contributed by atoms with van der Waals surface area (Å²) in [5, 5.41) is 21.8. The summed E-state index contributed by atoms with van der Waals surface area (Å²) in [5.74, 6) is 0.651. The Kier molecular flexibility index (Phi) is 2.75. The second kappa shape index (κ2) is 4.55. The molecule has 0 spiro atoms. The van der Waals surface area contributed by atoms with Gasteiger partial charge in [0.2, 0.25) is 11.9 Å². The fourth-order valence-electron chi connectivity index (χ4n) is 2.00. The lowest BCUT2D eigenvalue weighted by atomic mass is 10.3. The Bertz CT molecular complexity index is 484. The zero-order valence-electron chi connectivity index (χ0n) is 9.49. The highest BCUT2D eigenvalue weighted by atomic mass is 19.1. The molecule has 3 heterocycles. The molecule has 1 aromatic heterocycles. The molecule has 2 aliphatic rings. The first-order chi connectivity index (χ1) is 8.81. The van der Waals surface area contributed by atoms with Crippen molar-refractivity contribution in [3.63, 3.8) is 0 Å². The van der Waals surface area contributed by atoms with E-state index in [1.807, 2.05) is 4.90 Å². The predicted octanol–water partition coefficient (Wildman–Crippen LogP) is -0.299. The quantitative estimate of drug-likeness (QED) is 0.779. The maximum atomic E-state index is 12.7. The maximum absolute atomic E-state index is 12.7. The van der Waals surface area contributed by atoms with Crippen LogP contribution in [0.15, 0.2) is 22.3 Å². The SMILES string of the molecule is Fc1ccc(N2CCC(NC3=NN=C[N]3)C2)nn1. The van der Waals surface area contributed by atoms with Crippen LogP contribution in [0.4, 0.5) is 10.2 Å². The zero-order valence-corrected chi connectivity index (χ0v) is 9.49. The van der Waals surface area contributed by atoms with E-state index in [1.165, 1.54) is 12.4 Å². The summed E-state index contributed by atoms with van der Waals surface area (Å²) < 4.78 is 12.7. The van der Waals surface area contributed by atoms with Gasteiger partial charge in [0.25, 0.3) is 0 Å². The number of hydrogen-bond donors (Lipinski definition) is 1. The third-order valence-corrected chi connectivity index (χ3v) is 2.85. The van der Waals surface area contributed by atoms with Gasteiger partial charge in [-0.25, -0.2) is 0 Å². The smallest absolute Gasteiger partial charge is 0.244 e. The van der Waals surface area contributed by atoms with E-state index in [-0.39, 0.29) is 6.04 Å². The molecule has 1 aromatic rings. The number of guanidine groups is 1. The van der Waals surface area contributed by atoms with Crippen LogP contribution in [-0.4, -0.2) is 41.6 Å². The van der Waals surface area contributed by atoms with Gasteiger partial charge in [0.05, 0.1) is 0 Å². The lowest BCUT2D eigenvalue weighted by Gasteiger charge is -2.17. The highest BCUT2D eigenvalue weighted by Crippen LogP contribution is 2.17. The van der Waals surface area contributed by atoms with Crippen LogP contribution >= 0.6 is 0 Å². The van der Waals surface area contributed by atoms with E-state index < -0.39 is 5.95 Å². The zero-order chi connectivity index (χ0) is 12.4. The molecular formula is C10H11FN7. The number of nitrogens with one attached hydrogen (secondary N) is 1. The predicted molar refractivity (Wildman–Crippen MR) is 63.8 cm³/mol. The maximum Gasteiger partial charge on any atom is 0.244 e. The van der Waals surface area contributed by atoms with Gasteiger partial charge >= 0.3 is 0 Å². The summed E-state index contributed by atoms with van der Waals surface area (Å²) in [6, 6.07) is 3.18. The van der Waals surface area contributed by atoms with Crippen molar-refractivity contribution in [2.45, 2.75) is 12.5 Å². The molecule has 0 aromatic carbocycles. The first-order valence-corrected chi connectivity index (χ1v) is 5.62. The molecule has 1 unspecified atom stereocenters. The molecular weight excluding hydrogens is 237 g/mol. The van der Waals surface area contributed by atoms with E-state index >= 15 is 0 Å². The van der Waals surface area contributed by atoms with E-state index in [0.717, 1.165) is 19.5 Å². The van der Waals surface area contributed by atoms with E-state index in [2.05, 4.69) is 31.0 Å². The monoisotopic (exact) mass is 248 g/mol. The number of aromatic nitrogens is 2. The van der Waals surface area contributed by atoms with Crippen molar-refractivity contribution in [1.29, 1.82) is 0 Å². The molecule has 0 aliphatic carbocycles. The molecule has 1 radical (unpaired) electrons. The molecule has 2 aliphatic heterocycles. The lowest BCUT2D eigenvalue weighted by molar-refractivity contribution is 0.562. The number of rotatable bonds is 2. The average molecular weight is 248 g/mol. The first-order valence-electron chi connectivity index (χ1n) is 5.62. The summed E-state index contributed by atoms with van der Waals surface area (Å²) in [6.07, 6.45) is 2.34. The summed E-state index contributed by atoms with van der Waals surface area (Å²) >= 11 is 0. The highest BCUT2D eigenvalue weighted by molar-refractivity contribution is 5.92. The lowest BCUT2D eigenvalue weighted by Crippen LogP contribution is -2.40. The van der Waals surface area contributed by atoms with Crippen molar-refractivity contribution < 1.29 is 4.39 Å². The van der Waals surface area contributed by atoms with Crippen molar-refractivity contribution in [3.8, 4) is 0 Å². The van der Waals surface area contributed by atoms with Crippen LogP contribution in [0, 0.1) is 5.95 Å². The molecule has 0 amide bonds. The summed E-state index contributed by atoms with van der Waals surface area (Å²) in [7, 11) is 0. The minimum absolute atomic E-state index is 0.237. The van der Waals surface area contributed by atoms with Gasteiger partial charge in [-0.15, -0.1) is 20.4 Å². The van der Waals surface area contributed by atoms with Gasteiger partial charge in [0.1, 0.15) is 6.34 Å². The Morgan fingerprint density at radius 2 is 2.28 bits per heavy atom. The molecule has 0 bridgehead atoms. The molecule has 1 N–H and O–H groups in total. The summed E-state index contributed by atoms with van der Waals surface area (Å²) in [4.78, 5) is 2.04. The molecule has 93 valence electrons. The number of halogens is 1. The van der Waals surface area contributed by atoms with Gasteiger partial charge in [-0.1, -0.05) is 0 Å². The van der Waals surface area contributed by atoms with Gasteiger partial charge in [-0.05, 0) is 18.6 Å². The van der Waals surface area contributed by atoms with Crippen LogP contribution in [0.3, 0.4) is 0 Å². The van der Waals surface area contributed by atoms with Crippen LogP contribution in [0.25, 0.3) is 0 Å². The Hall–Kier alpha value is -2.25. The number of hydrogen-bond acceptors (Lipinski definition) is 6. The topological polar surface area (TPSA) is 79.9 Å². The fraction of sp³-hybridized carbons (Fsp3) is 0.400. The van der Waals surface area contributed by atoms with E-state index in [0.29, 0.717) is 11.8 Å². The van der Waals surface area contributed by atoms with Gasteiger partial charge in [0.15, 0.2) is 5.82 Å². The normalized spacial score (nSPS) is 21.9. The Labute approximate surface area is 103 Å². The van der Waals surface area contributed by atoms with Crippen molar-refractivity contribution in [2.24, 2.45) is 10.2 Å². The molecule has 3 rings (SSSR count). The van der Waals surface area contributed by atoms with Crippen LogP contribution in [0.1, 0.15) is 6.42 Å². The number of anilines is 1. The van der Waals surface area contributed by atoms with Crippen molar-refractivity contribution in [2.75, 3.05) is 18.0 Å². The highest BCUT2D eigenvalue weighted by Gasteiger charge is 2.25. The van der Waals surface area contributed by atoms with Gasteiger partial charge < -0.3 is 10.2 Å². The Morgan fingerprint density at radius 3 is 3.00 bits per heavy atom. The summed E-state index contributed by atoms with van der Waals surface area (Å²) in [5.41, 5.74) is 0. The van der Waals surface area contributed by atoms with Crippen molar-refractivity contribution in [3.05, 3.63) is 18.1 Å². The second-order valence-corrected chi connectivity index (χ2v) is 4.07. The van der Waals surface area contributed by atoms with Gasteiger partial charge in [-0.2, -0.15) is 9.71 Å². The Morgan fingerprint density at radius 1 is 1.33 bits per heavy atom. The molecule has 18 heavy (non-hydrogen) atoms. The van der Waals surface area contributed by atoms with Crippen LogP contribution < -0.4 is 15.5 Å². The van der Waals surface area contributed by atoms with Crippen LogP contribution in [-0.2, 0) is 0 Å². The van der Waals surface area contributed by atoms with E-state index in [1.54, 1.807) is 6.07 Å². The first kappa shape index (κ1) is 10.9. The third-order valence-electron chi connectivity index (χ3n) is 2.85. The van der Waals surface area contributed by atoms with Crippen molar-refractivity contribution in [1.82, 2.24) is 20.8 Å². The minimum Gasteiger partial charge on any atom is -0.353 e. The standard InChI is InChI=1S/C10H11FN7/c11-8-1-2-9(16-15-8)18-4-3-7(5-18)14-10-12-6-13-17-10/h1-2,6-7H,3-5H2,(H,14,17). The largest absolute Gasteiger partial charge is 0.353 e. The Balaban J connectivity index is 1.59. The molecule has 1 atom stereocenters. The second-order valence-electron chi connectivity index (χ2n) is 4.07. The minimum atomic E-state index is -0.566. The van der Waals surface area contributed by atoms with Crippen molar-refractivity contribution >= 4 is 18.1 Å². The number of nitrogens with zero attached hydrogens (tertiary/aromatic N) is 6. The van der Waals surface area contributed by atoms with Crippen LogP contribution in [0.5, 0.6) is 0 Å². The van der Waals surface area contributed by atoms with E-state index in [4.69, 9.17) is 0 Å². The molecule has 0 saturated carbocycles.